The SMILES string of the molecule is O=C(Cc1ccc(Cl)cc1F)C(O)c1ccccc1. The molecule has 2 rings (SSSR count). The van der Waals surface area contributed by atoms with Gasteiger partial charge in [-0.1, -0.05) is 48.0 Å². The summed E-state index contributed by atoms with van der Waals surface area (Å²) in [5.74, 6) is -0.992. The molecule has 1 unspecified atom stereocenters. The fraction of sp³-hybridized carbons (Fsp3) is 0.133. The van der Waals surface area contributed by atoms with Gasteiger partial charge in [0.1, 0.15) is 11.9 Å². The summed E-state index contributed by atoms with van der Waals surface area (Å²) in [4.78, 5) is 11.9. The van der Waals surface area contributed by atoms with Crippen LogP contribution in [0.2, 0.25) is 5.02 Å². The average Bonchev–Trinajstić information content (AvgIpc) is 2.42. The topological polar surface area (TPSA) is 37.3 Å². The molecule has 0 bridgehead atoms. The predicted molar refractivity (Wildman–Crippen MR) is 71.5 cm³/mol. The summed E-state index contributed by atoms with van der Waals surface area (Å²) < 4.78 is 13.6. The minimum Gasteiger partial charge on any atom is -0.381 e. The Kier molecular flexibility index (Phi) is 4.30. The molecule has 2 aromatic carbocycles. The Morgan fingerprint density at radius 1 is 1.21 bits per heavy atom. The normalized spacial score (nSPS) is 12.2. The molecule has 98 valence electrons. The van der Waals surface area contributed by atoms with E-state index in [2.05, 4.69) is 0 Å². The Morgan fingerprint density at radius 2 is 1.89 bits per heavy atom. The molecule has 2 aromatic rings. The summed E-state index contributed by atoms with van der Waals surface area (Å²) in [6, 6.07) is 12.7. The number of Topliss-reactive ketones (excluding diaryl/α,β-unsaturated/α-hetero) is 1. The molecular formula is C15H12ClFO2. The zero-order valence-corrected chi connectivity index (χ0v) is 10.8. The number of carbonyl (C=O) groups excluding carboxylic acids is 1. The molecule has 1 atom stereocenters. The molecule has 1 N–H and O–H groups in total. The third-order valence-electron chi connectivity index (χ3n) is 2.80. The highest BCUT2D eigenvalue weighted by molar-refractivity contribution is 6.30. The van der Waals surface area contributed by atoms with Gasteiger partial charge in [0.25, 0.3) is 0 Å². The Bertz CT molecular complexity index is 584. The number of hydrogen-bond donors (Lipinski definition) is 1. The summed E-state index contributed by atoms with van der Waals surface area (Å²) in [7, 11) is 0. The van der Waals surface area contributed by atoms with Crippen molar-refractivity contribution in [1.82, 2.24) is 0 Å². The summed E-state index contributed by atoms with van der Waals surface area (Å²) in [5.41, 5.74) is 0.728. The smallest absolute Gasteiger partial charge is 0.170 e. The second kappa shape index (κ2) is 5.95. The quantitative estimate of drug-likeness (QED) is 0.931. The lowest BCUT2D eigenvalue weighted by molar-refractivity contribution is -0.126. The number of ketones is 1. The van der Waals surface area contributed by atoms with Crippen molar-refractivity contribution in [1.29, 1.82) is 0 Å². The molecular weight excluding hydrogens is 267 g/mol. The monoisotopic (exact) mass is 278 g/mol. The summed E-state index contributed by atoms with van der Waals surface area (Å²) in [5, 5.41) is 10.2. The van der Waals surface area contributed by atoms with Crippen molar-refractivity contribution in [2.45, 2.75) is 12.5 Å². The second-order valence-corrected chi connectivity index (χ2v) is 4.63. The van der Waals surface area contributed by atoms with Crippen LogP contribution in [0.4, 0.5) is 4.39 Å². The maximum absolute atomic E-state index is 13.6. The highest BCUT2D eigenvalue weighted by Crippen LogP contribution is 2.19. The van der Waals surface area contributed by atoms with Crippen LogP contribution in [0.15, 0.2) is 48.5 Å². The number of hydrogen-bond acceptors (Lipinski definition) is 2. The van der Waals surface area contributed by atoms with E-state index in [0.717, 1.165) is 6.07 Å². The fourth-order valence-corrected chi connectivity index (χ4v) is 1.93. The van der Waals surface area contributed by atoms with Gasteiger partial charge in [-0.15, -0.1) is 0 Å². The molecule has 0 aliphatic rings. The first-order valence-electron chi connectivity index (χ1n) is 5.77. The van der Waals surface area contributed by atoms with E-state index in [4.69, 9.17) is 11.6 Å². The van der Waals surface area contributed by atoms with Gasteiger partial charge >= 0.3 is 0 Å². The van der Waals surface area contributed by atoms with Crippen LogP contribution in [0.5, 0.6) is 0 Å². The van der Waals surface area contributed by atoms with Crippen molar-refractivity contribution in [2.75, 3.05) is 0 Å². The van der Waals surface area contributed by atoms with E-state index in [-0.39, 0.29) is 17.0 Å². The molecule has 4 heteroatoms. The first kappa shape index (κ1) is 13.7. The van der Waals surface area contributed by atoms with Gasteiger partial charge in [-0.3, -0.25) is 4.79 Å². The van der Waals surface area contributed by atoms with E-state index in [1.54, 1.807) is 30.3 Å². The van der Waals surface area contributed by atoms with Crippen molar-refractivity contribution in [3.63, 3.8) is 0 Å². The van der Waals surface area contributed by atoms with Crippen LogP contribution in [0.3, 0.4) is 0 Å². The highest BCUT2D eigenvalue weighted by atomic mass is 35.5. The van der Waals surface area contributed by atoms with Gasteiger partial charge in [0, 0.05) is 11.4 Å². The molecule has 0 aromatic heterocycles. The lowest BCUT2D eigenvalue weighted by Gasteiger charge is -2.10. The maximum atomic E-state index is 13.6. The lowest BCUT2D eigenvalue weighted by atomic mass is 10.00. The van der Waals surface area contributed by atoms with Gasteiger partial charge in [0.15, 0.2) is 5.78 Å². The molecule has 0 aliphatic carbocycles. The van der Waals surface area contributed by atoms with Gasteiger partial charge in [0.05, 0.1) is 0 Å². The minimum absolute atomic E-state index is 0.168. The molecule has 0 fully saturated rings. The average molecular weight is 279 g/mol. The number of halogens is 2. The Labute approximate surface area is 115 Å². The van der Waals surface area contributed by atoms with Crippen LogP contribution >= 0.6 is 11.6 Å². The Hall–Kier alpha value is -1.71. The number of rotatable bonds is 4. The Morgan fingerprint density at radius 3 is 2.53 bits per heavy atom. The van der Waals surface area contributed by atoms with E-state index >= 15 is 0 Å². The first-order chi connectivity index (χ1) is 9.08. The molecule has 0 aliphatic heterocycles. The zero-order chi connectivity index (χ0) is 13.8. The highest BCUT2D eigenvalue weighted by Gasteiger charge is 2.18. The second-order valence-electron chi connectivity index (χ2n) is 4.19. The van der Waals surface area contributed by atoms with Crippen LogP contribution in [0.1, 0.15) is 17.2 Å². The van der Waals surface area contributed by atoms with Crippen LogP contribution in [0.25, 0.3) is 0 Å². The number of aliphatic hydroxyl groups is 1. The summed E-state index contributed by atoms with van der Waals surface area (Å²) >= 11 is 5.64. The van der Waals surface area contributed by atoms with E-state index < -0.39 is 17.7 Å². The summed E-state index contributed by atoms with van der Waals surface area (Å²) in [6.45, 7) is 0. The fourth-order valence-electron chi connectivity index (χ4n) is 1.77. The number of carbonyl (C=O) groups is 1. The van der Waals surface area contributed by atoms with Crippen molar-refractivity contribution in [3.8, 4) is 0 Å². The van der Waals surface area contributed by atoms with E-state index in [1.807, 2.05) is 0 Å². The van der Waals surface area contributed by atoms with Crippen molar-refractivity contribution in [3.05, 3.63) is 70.5 Å². The van der Waals surface area contributed by atoms with E-state index in [9.17, 15) is 14.3 Å². The maximum Gasteiger partial charge on any atom is 0.170 e. The third-order valence-corrected chi connectivity index (χ3v) is 3.04. The molecule has 2 nitrogen and oxygen atoms in total. The van der Waals surface area contributed by atoms with Crippen molar-refractivity contribution >= 4 is 17.4 Å². The van der Waals surface area contributed by atoms with Crippen molar-refractivity contribution < 1.29 is 14.3 Å². The minimum atomic E-state index is -1.24. The van der Waals surface area contributed by atoms with Gasteiger partial charge in [-0.05, 0) is 23.3 Å². The zero-order valence-electron chi connectivity index (χ0n) is 10.0. The van der Waals surface area contributed by atoms with Crippen LogP contribution in [-0.2, 0) is 11.2 Å². The number of benzene rings is 2. The molecule has 0 amide bonds. The van der Waals surface area contributed by atoms with E-state index in [1.165, 1.54) is 12.1 Å². The van der Waals surface area contributed by atoms with Crippen LogP contribution in [0, 0.1) is 5.82 Å². The van der Waals surface area contributed by atoms with Crippen LogP contribution in [-0.4, -0.2) is 10.9 Å². The van der Waals surface area contributed by atoms with E-state index in [0.29, 0.717) is 5.56 Å². The molecule has 0 heterocycles. The predicted octanol–water partition coefficient (Wildman–Crippen LogP) is 3.32. The van der Waals surface area contributed by atoms with Gasteiger partial charge in [-0.2, -0.15) is 0 Å². The molecule has 19 heavy (non-hydrogen) atoms. The lowest BCUT2D eigenvalue weighted by Crippen LogP contribution is -2.15. The third kappa shape index (κ3) is 3.40. The molecule has 0 saturated carbocycles. The summed E-state index contributed by atoms with van der Waals surface area (Å²) in [6.07, 6.45) is -1.41. The largest absolute Gasteiger partial charge is 0.381 e. The standard InChI is InChI=1S/C15H12ClFO2/c16-12-7-6-11(13(17)9-12)8-14(18)15(19)10-4-2-1-3-5-10/h1-7,9,15,19H,8H2. The first-order valence-corrected chi connectivity index (χ1v) is 6.15. The number of aliphatic hydroxyl groups excluding tert-OH is 1. The molecule has 0 spiro atoms. The van der Waals surface area contributed by atoms with Crippen molar-refractivity contribution in [2.24, 2.45) is 0 Å². The molecule has 0 radical (unpaired) electrons. The molecule has 0 saturated heterocycles. The van der Waals surface area contributed by atoms with Gasteiger partial charge in [0.2, 0.25) is 0 Å². The Balaban J connectivity index is 2.13. The van der Waals surface area contributed by atoms with Gasteiger partial charge < -0.3 is 5.11 Å². The van der Waals surface area contributed by atoms with Gasteiger partial charge in [-0.25, -0.2) is 4.39 Å². The van der Waals surface area contributed by atoms with Crippen LogP contribution < -0.4 is 0 Å².